The summed E-state index contributed by atoms with van der Waals surface area (Å²) >= 11 is 0. The fraction of sp³-hybridized carbons (Fsp3) is 1.00. The van der Waals surface area contributed by atoms with Gasteiger partial charge in [0.15, 0.2) is 0 Å². The van der Waals surface area contributed by atoms with E-state index in [0.29, 0.717) is 25.9 Å². The zero-order valence-corrected chi connectivity index (χ0v) is 9.14. The van der Waals surface area contributed by atoms with Gasteiger partial charge in [-0.15, -0.1) is 0 Å². The Bertz CT molecular complexity index is 166. The average Bonchev–Trinajstić information content (AvgIpc) is 2.34. The van der Waals surface area contributed by atoms with Crippen molar-refractivity contribution < 1.29 is 13.0 Å². The van der Waals surface area contributed by atoms with Crippen LogP contribution < -0.4 is 10.6 Å². The number of rotatable bonds is 9. The maximum Gasteiger partial charge on any atom is 0.0584 e. The fourth-order valence-corrected chi connectivity index (χ4v) is 1.06. The predicted octanol–water partition coefficient (Wildman–Crippen LogP) is -0.293. The molecule has 0 aliphatic rings. The zero-order chi connectivity index (χ0) is 12.7. The van der Waals surface area contributed by atoms with E-state index in [1.54, 1.807) is 0 Å². The van der Waals surface area contributed by atoms with Crippen LogP contribution in [0.5, 0.6) is 0 Å². The van der Waals surface area contributed by atoms with Gasteiger partial charge < -0.3 is 20.8 Å². The number of nitrogens with one attached hydrogen (secondary N) is 2. The molecule has 0 bridgehead atoms. The third-order valence-corrected chi connectivity index (χ3v) is 2.11. The van der Waals surface area contributed by atoms with Gasteiger partial charge in [-0.3, -0.25) is 0 Å². The predicted molar refractivity (Wildman–Crippen MR) is 58.3 cm³/mol. The lowest BCUT2D eigenvalue weighted by atomic mass is 10.2. The average molecular weight is 206 g/mol. The molecule has 14 heavy (non-hydrogen) atoms. The highest BCUT2D eigenvalue weighted by Crippen LogP contribution is 1.89. The summed E-state index contributed by atoms with van der Waals surface area (Å²) in [6.07, 6.45) is 1.03. The van der Waals surface area contributed by atoms with E-state index in [0.717, 1.165) is 0 Å². The first-order chi connectivity index (χ1) is 7.45. The molecule has 0 saturated heterocycles. The van der Waals surface area contributed by atoms with Gasteiger partial charge in [0.25, 0.3) is 0 Å². The molecule has 0 spiro atoms. The quantitative estimate of drug-likeness (QED) is 0.391. The lowest BCUT2D eigenvalue weighted by Gasteiger charge is -2.17. The van der Waals surface area contributed by atoms with Crippen LogP contribution in [0.4, 0.5) is 0 Å². The first kappa shape index (κ1) is 10.4. The van der Waals surface area contributed by atoms with Crippen LogP contribution in [0.15, 0.2) is 0 Å². The molecule has 0 heterocycles. The number of aliphatic hydroxyl groups excluding tert-OH is 2. The first-order valence-corrected chi connectivity index (χ1v) is 5.17. The van der Waals surface area contributed by atoms with Crippen LogP contribution in [-0.2, 0) is 0 Å². The van der Waals surface area contributed by atoms with Crippen molar-refractivity contribution in [2.24, 2.45) is 0 Å². The van der Waals surface area contributed by atoms with E-state index < -0.39 is 12.0 Å². The summed E-state index contributed by atoms with van der Waals surface area (Å²) in [6.45, 7) is 4.17. The van der Waals surface area contributed by atoms with E-state index in [-0.39, 0.29) is 13.2 Å². The zero-order valence-electron chi connectivity index (χ0n) is 11.1. The highest BCUT2D eigenvalue weighted by Gasteiger charge is 2.04. The minimum atomic E-state index is -1.00. The Morgan fingerprint density at radius 3 is 1.57 bits per heavy atom. The Kier molecular flexibility index (Phi) is 6.95. The van der Waals surface area contributed by atoms with Crippen LogP contribution in [-0.4, -0.2) is 48.6 Å². The summed E-state index contributed by atoms with van der Waals surface area (Å²) in [5.74, 6) is 0. The molecule has 4 N–H and O–H groups in total. The van der Waals surface area contributed by atoms with Crippen molar-refractivity contribution in [3.63, 3.8) is 0 Å². The Balaban J connectivity index is 3.83. The third kappa shape index (κ3) is 6.32. The van der Waals surface area contributed by atoms with Gasteiger partial charge in [0.2, 0.25) is 0 Å². The molecule has 0 rings (SSSR count). The van der Waals surface area contributed by atoms with Crippen LogP contribution >= 0.6 is 0 Å². The van der Waals surface area contributed by atoms with Crippen molar-refractivity contribution in [2.45, 2.75) is 38.7 Å². The van der Waals surface area contributed by atoms with Crippen LogP contribution in [0.1, 0.15) is 29.4 Å². The molecule has 86 valence electrons. The van der Waals surface area contributed by atoms with Crippen molar-refractivity contribution in [1.29, 1.82) is 0 Å². The van der Waals surface area contributed by atoms with E-state index in [2.05, 4.69) is 10.6 Å². The summed E-state index contributed by atoms with van der Waals surface area (Å²) < 4.78 is 15.5. The monoisotopic (exact) mass is 206 g/mol. The third-order valence-electron chi connectivity index (χ3n) is 2.11. The summed E-state index contributed by atoms with van der Waals surface area (Å²) in [4.78, 5) is 0. The molecule has 0 aromatic carbocycles. The van der Waals surface area contributed by atoms with Crippen molar-refractivity contribution >= 4 is 0 Å². The maximum absolute atomic E-state index is 8.99. The summed E-state index contributed by atoms with van der Waals surface area (Å²) in [5, 5.41) is 23.8. The highest BCUT2D eigenvalue weighted by atomic mass is 16.3. The molecule has 0 fully saturated rings. The van der Waals surface area contributed by atoms with E-state index in [1.165, 1.54) is 0 Å². The summed E-state index contributed by atoms with van der Waals surface area (Å²) in [6, 6.07) is -2.00. The van der Waals surface area contributed by atoms with Crippen LogP contribution in [0.25, 0.3) is 0 Å². The largest absolute Gasteiger partial charge is 0.395 e. The highest BCUT2D eigenvalue weighted by molar-refractivity contribution is 4.67. The second kappa shape index (κ2) is 9.40. The molecule has 4 heteroatoms. The normalized spacial score (nSPS) is 22.0. The van der Waals surface area contributed by atoms with Crippen LogP contribution in [0.2, 0.25) is 0 Å². The number of aliphatic hydroxyl groups is 2. The van der Waals surface area contributed by atoms with Crippen LogP contribution in [0, 0.1) is 0 Å². The molecule has 2 atom stereocenters. The number of hydrogen-bond donors (Lipinski definition) is 4. The van der Waals surface area contributed by atoms with Crippen molar-refractivity contribution in [3.8, 4) is 0 Å². The minimum Gasteiger partial charge on any atom is -0.395 e. The lowest BCUT2D eigenvalue weighted by Crippen LogP contribution is -2.40. The van der Waals surface area contributed by atoms with E-state index >= 15 is 0 Å². The number of hydrogen-bond acceptors (Lipinski definition) is 4. The second-order valence-electron chi connectivity index (χ2n) is 3.08. The van der Waals surface area contributed by atoms with Gasteiger partial charge in [-0.05, 0) is 12.8 Å². The molecule has 0 radical (unpaired) electrons. The van der Waals surface area contributed by atoms with E-state index in [1.807, 2.05) is 13.8 Å². The molecule has 0 saturated carbocycles. The van der Waals surface area contributed by atoms with Gasteiger partial charge in [0.05, 0.1) is 13.2 Å². The van der Waals surface area contributed by atoms with E-state index in [9.17, 15) is 0 Å². The van der Waals surface area contributed by atoms with Gasteiger partial charge in [-0.25, -0.2) is 0 Å². The second-order valence-corrected chi connectivity index (χ2v) is 3.08. The molecular weight excluding hydrogens is 180 g/mol. The van der Waals surface area contributed by atoms with Gasteiger partial charge in [-0.2, -0.15) is 0 Å². The van der Waals surface area contributed by atoms with Gasteiger partial charge in [0.1, 0.15) is 0 Å². The summed E-state index contributed by atoms with van der Waals surface area (Å²) in [5.41, 5.74) is 0. The summed E-state index contributed by atoms with van der Waals surface area (Å²) in [7, 11) is 0. The van der Waals surface area contributed by atoms with Gasteiger partial charge >= 0.3 is 0 Å². The molecule has 0 unspecified atom stereocenters. The Morgan fingerprint density at radius 2 is 1.36 bits per heavy atom. The topological polar surface area (TPSA) is 64.5 Å². The molecule has 0 amide bonds. The Labute approximate surface area is 89.5 Å². The Morgan fingerprint density at radius 1 is 1.00 bits per heavy atom. The minimum absolute atomic E-state index is 0.233. The standard InChI is InChI=1S/C10H24N2O2/c1-3-9(7-13)11-5-6-12-10(4-2)8-14/h9-14H,3-8H2,1-2H3/t9-,10-/m1/s1/i9D,10D. The van der Waals surface area contributed by atoms with Crippen LogP contribution in [0.3, 0.4) is 0 Å². The SMILES string of the molecule is [2H][C@@](CC)(CO)NCCN[C@]([2H])(CC)CO. The molecule has 0 aromatic heterocycles. The van der Waals surface area contributed by atoms with Crippen molar-refractivity contribution in [1.82, 2.24) is 10.6 Å². The molecule has 4 nitrogen and oxygen atoms in total. The Hall–Kier alpha value is -0.160. The van der Waals surface area contributed by atoms with Gasteiger partial charge in [-0.1, -0.05) is 13.8 Å². The molecule has 0 aliphatic carbocycles. The fourth-order valence-electron chi connectivity index (χ4n) is 1.06. The van der Waals surface area contributed by atoms with Crippen molar-refractivity contribution in [3.05, 3.63) is 0 Å². The van der Waals surface area contributed by atoms with E-state index in [4.69, 9.17) is 13.0 Å². The first-order valence-electron chi connectivity index (χ1n) is 6.17. The maximum atomic E-state index is 8.99. The smallest absolute Gasteiger partial charge is 0.0584 e. The molecular formula is C10H24N2O2. The molecule has 0 aliphatic heterocycles. The van der Waals surface area contributed by atoms with Crippen molar-refractivity contribution in [2.75, 3.05) is 26.3 Å². The lowest BCUT2D eigenvalue weighted by molar-refractivity contribution is 0.229. The van der Waals surface area contributed by atoms with Gasteiger partial charge in [0, 0.05) is 27.9 Å². The molecule has 0 aromatic rings.